The number of fused-ring (bicyclic) bond motifs is 1. The summed E-state index contributed by atoms with van der Waals surface area (Å²) in [5.41, 5.74) is -0.476. The number of carbonyl (C=O) groups is 1. The first-order chi connectivity index (χ1) is 10.9. The van der Waals surface area contributed by atoms with E-state index in [2.05, 4.69) is 28.1 Å². The summed E-state index contributed by atoms with van der Waals surface area (Å²) in [7, 11) is 0. The van der Waals surface area contributed by atoms with Gasteiger partial charge in [-0.05, 0) is 45.1 Å². The zero-order valence-corrected chi connectivity index (χ0v) is 14.8. The Labute approximate surface area is 141 Å². The zero-order valence-electron chi connectivity index (χ0n) is 14.0. The number of hydrogen-bond donors (Lipinski definition) is 2. The van der Waals surface area contributed by atoms with Crippen molar-refractivity contribution in [3.05, 3.63) is 22.4 Å². The van der Waals surface area contributed by atoms with Gasteiger partial charge in [0.2, 0.25) is 0 Å². The van der Waals surface area contributed by atoms with Gasteiger partial charge in [-0.15, -0.1) is 11.3 Å². The van der Waals surface area contributed by atoms with Gasteiger partial charge in [-0.25, -0.2) is 4.79 Å². The molecule has 4 unspecified atom stereocenters. The molecular formula is C17H26N2O3S. The molecule has 1 aromatic heterocycles. The predicted octanol–water partition coefficient (Wildman–Crippen LogP) is 2.91. The molecule has 3 rings (SSSR count). The van der Waals surface area contributed by atoms with Crippen molar-refractivity contribution in [1.29, 1.82) is 0 Å². The molecule has 2 fully saturated rings. The van der Waals surface area contributed by atoms with Crippen LogP contribution in [-0.2, 0) is 16.0 Å². The molecule has 1 saturated heterocycles. The van der Waals surface area contributed by atoms with Gasteiger partial charge in [0.1, 0.15) is 5.60 Å². The highest BCUT2D eigenvalue weighted by molar-refractivity contribution is 7.09. The molecule has 128 valence electrons. The molecule has 1 aromatic rings. The summed E-state index contributed by atoms with van der Waals surface area (Å²) in [6.07, 6.45) is 2.02. The van der Waals surface area contributed by atoms with E-state index in [4.69, 9.17) is 9.47 Å². The van der Waals surface area contributed by atoms with Crippen LogP contribution in [0.4, 0.5) is 4.79 Å². The first kappa shape index (κ1) is 16.7. The van der Waals surface area contributed by atoms with Crippen LogP contribution in [-0.4, -0.2) is 36.5 Å². The van der Waals surface area contributed by atoms with Crippen LogP contribution >= 0.6 is 11.3 Å². The topological polar surface area (TPSA) is 59.6 Å². The lowest BCUT2D eigenvalue weighted by molar-refractivity contribution is -0.128. The Balaban J connectivity index is 1.59. The van der Waals surface area contributed by atoms with E-state index >= 15 is 0 Å². The molecule has 2 aliphatic rings. The monoisotopic (exact) mass is 338 g/mol. The fourth-order valence-electron chi connectivity index (χ4n) is 3.42. The molecule has 4 atom stereocenters. The normalized spacial score (nSPS) is 30.2. The van der Waals surface area contributed by atoms with Crippen LogP contribution in [0.3, 0.4) is 0 Å². The lowest BCUT2D eigenvalue weighted by Gasteiger charge is -2.54. The molecule has 1 saturated carbocycles. The largest absolute Gasteiger partial charge is 0.444 e. The van der Waals surface area contributed by atoms with E-state index in [1.807, 2.05) is 20.8 Å². The van der Waals surface area contributed by atoms with Crippen molar-refractivity contribution in [3.8, 4) is 0 Å². The molecule has 0 bridgehead atoms. The minimum absolute atomic E-state index is 0.0788. The van der Waals surface area contributed by atoms with Gasteiger partial charge in [-0.1, -0.05) is 6.07 Å². The van der Waals surface area contributed by atoms with Gasteiger partial charge < -0.3 is 20.1 Å². The zero-order chi connectivity index (χ0) is 16.4. The third-order valence-electron chi connectivity index (χ3n) is 4.39. The average Bonchev–Trinajstić information content (AvgIpc) is 2.97. The van der Waals surface area contributed by atoms with Crippen molar-refractivity contribution < 1.29 is 14.3 Å². The van der Waals surface area contributed by atoms with Crippen molar-refractivity contribution in [2.24, 2.45) is 5.92 Å². The molecule has 1 amide bonds. The van der Waals surface area contributed by atoms with Crippen LogP contribution < -0.4 is 10.6 Å². The molecule has 6 heteroatoms. The van der Waals surface area contributed by atoms with Gasteiger partial charge in [0.25, 0.3) is 0 Å². The van der Waals surface area contributed by atoms with Crippen molar-refractivity contribution >= 4 is 17.4 Å². The van der Waals surface area contributed by atoms with Crippen LogP contribution in [0.1, 0.15) is 38.5 Å². The molecule has 2 N–H and O–H groups in total. The molecule has 0 radical (unpaired) electrons. The van der Waals surface area contributed by atoms with E-state index in [9.17, 15) is 4.79 Å². The van der Waals surface area contributed by atoms with E-state index in [1.54, 1.807) is 11.3 Å². The van der Waals surface area contributed by atoms with Crippen LogP contribution in [0.15, 0.2) is 17.5 Å². The van der Waals surface area contributed by atoms with E-state index in [0.29, 0.717) is 5.92 Å². The Hall–Kier alpha value is -1.11. The summed E-state index contributed by atoms with van der Waals surface area (Å²) in [5, 5.41) is 8.68. The van der Waals surface area contributed by atoms with E-state index in [1.165, 1.54) is 4.88 Å². The Morgan fingerprint density at radius 3 is 2.96 bits per heavy atom. The van der Waals surface area contributed by atoms with Crippen molar-refractivity contribution in [1.82, 2.24) is 10.6 Å². The maximum absolute atomic E-state index is 12.1. The smallest absolute Gasteiger partial charge is 0.407 e. The number of nitrogens with one attached hydrogen (secondary N) is 2. The SMILES string of the molecule is CC(C)(C)OC(=O)NC1C2CCCOC2C1NCc1cccs1. The molecule has 2 heterocycles. The number of hydrogen-bond acceptors (Lipinski definition) is 5. The van der Waals surface area contributed by atoms with Crippen LogP contribution in [0, 0.1) is 5.92 Å². The van der Waals surface area contributed by atoms with Crippen molar-refractivity contribution in [2.45, 2.75) is 63.9 Å². The number of alkyl carbamates (subject to hydrolysis) is 1. The Kier molecular flexibility index (Phi) is 4.94. The Morgan fingerprint density at radius 1 is 1.43 bits per heavy atom. The van der Waals surface area contributed by atoms with Crippen LogP contribution in [0.2, 0.25) is 0 Å². The molecule has 1 aliphatic heterocycles. The van der Waals surface area contributed by atoms with Gasteiger partial charge in [-0.3, -0.25) is 0 Å². The number of thiophene rings is 1. The number of amides is 1. The van der Waals surface area contributed by atoms with Gasteiger partial charge in [0.15, 0.2) is 0 Å². The predicted molar refractivity (Wildman–Crippen MR) is 90.6 cm³/mol. The summed E-state index contributed by atoms with van der Waals surface area (Å²) in [6.45, 7) is 7.27. The fourth-order valence-corrected chi connectivity index (χ4v) is 4.08. The summed E-state index contributed by atoms with van der Waals surface area (Å²) in [6, 6.07) is 4.40. The molecule has 0 spiro atoms. The minimum Gasteiger partial charge on any atom is -0.444 e. The number of ether oxygens (including phenoxy) is 2. The minimum atomic E-state index is -0.476. The molecule has 23 heavy (non-hydrogen) atoms. The summed E-state index contributed by atoms with van der Waals surface area (Å²) < 4.78 is 11.3. The molecule has 5 nitrogen and oxygen atoms in total. The highest BCUT2D eigenvalue weighted by Gasteiger charge is 2.53. The summed E-state index contributed by atoms with van der Waals surface area (Å²) in [5.74, 6) is 0.386. The quantitative estimate of drug-likeness (QED) is 0.886. The second-order valence-corrected chi connectivity index (χ2v) is 8.33. The molecule has 1 aliphatic carbocycles. The van der Waals surface area contributed by atoms with Gasteiger partial charge in [0, 0.05) is 23.9 Å². The van der Waals surface area contributed by atoms with E-state index in [0.717, 1.165) is 26.0 Å². The molecular weight excluding hydrogens is 312 g/mol. The first-order valence-electron chi connectivity index (χ1n) is 8.31. The summed E-state index contributed by atoms with van der Waals surface area (Å²) in [4.78, 5) is 13.4. The molecule has 0 aromatic carbocycles. The highest BCUT2D eigenvalue weighted by atomic mass is 32.1. The third kappa shape index (κ3) is 4.05. The van der Waals surface area contributed by atoms with Gasteiger partial charge in [0.05, 0.1) is 18.2 Å². The maximum Gasteiger partial charge on any atom is 0.407 e. The second-order valence-electron chi connectivity index (χ2n) is 7.30. The number of carbonyl (C=O) groups excluding carboxylic acids is 1. The van der Waals surface area contributed by atoms with Crippen LogP contribution in [0.25, 0.3) is 0 Å². The van der Waals surface area contributed by atoms with Crippen LogP contribution in [0.5, 0.6) is 0 Å². The Morgan fingerprint density at radius 2 is 2.26 bits per heavy atom. The first-order valence-corrected chi connectivity index (χ1v) is 9.19. The van der Waals surface area contributed by atoms with Crippen molar-refractivity contribution in [2.75, 3.05) is 6.61 Å². The maximum atomic E-state index is 12.1. The highest BCUT2D eigenvalue weighted by Crippen LogP contribution is 2.38. The lowest BCUT2D eigenvalue weighted by Crippen LogP contribution is -2.73. The fraction of sp³-hybridized carbons (Fsp3) is 0.706. The van der Waals surface area contributed by atoms with Crippen molar-refractivity contribution in [3.63, 3.8) is 0 Å². The van der Waals surface area contributed by atoms with Gasteiger partial charge >= 0.3 is 6.09 Å². The average molecular weight is 338 g/mol. The van der Waals surface area contributed by atoms with E-state index in [-0.39, 0.29) is 24.3 Å². The van der Waals surface area contributed by atoms with Gasteiger partial charge in [-0.2, -0.15) is 0 Å². The standard InChI is InChI=1S/C17H26N2O3S/c1-17(2,3)22-16(20)19-13-12-7-4-8-21-15(12)14(13)18-10-11-6-5-9-23-11/h5-6,9,12-15,18H,4,7-8,10H2,1-3H3,(H,19,20). The number of rotatable bonds is 4. The third-order valence-corrected chi connectivity index (χ3v) is 5.27. The Bertz CT molecular complexity index is 526. The summed E-state index contributed by atoms with van der Waals surface area (Å²) >= 11 is 1.74. The lowest BCUT2D eigenvalue weighted by atomic mass is 9.68. The second kappa shape index (κ2) is 6.79. The van der Waals surface area contributed by atoms with E-state index < -0.39 is 5.60 Å².